The van der Waals surface area contributed by atoms with Crippen molar-refractivity contribution in [2.75, 3.05) is 18.4 Å². The number of benzene rings is 2. The molecule has 0 saturated carbocycles. The third kappa shape index (κ3) is 5.56. The number of aromatic nitrogens is 3. The highest BCUT2D eigenvalue weighted by Crippen LogP contribution is 2.28. The summed E-state index contributed by atoms with van der Waals surface area (Å²) >= 11 is 0. The van der Waals surface area contributed by atoms with Crippen molar-refractivity contribution in [3.05, 3.63) is 84.3 Å². The number of fused-ring (bicyclic) bond motifs is 1. The lowest BCUT2D eigenvalue weighted by Gasteiger charge is -2.27. The van der Waals surface area contributed by atoms with Gasteiger partial charge in [0, 0.05) is 54.4 Å². The van der Waals surface area contributed by atoms with E-state index in [0.717, 1.165) is 59.7 Å². The topological polar surface area (TPSA) is 45.5 Å². The first-order chi connectivity index (χ1) is 17.4. The van der Waals surface area contributed by atoms with Gasteiger partial charge in [0.05, 0.1) is 11.9 Å². The normalized spacial score (nSPS) is 11.3. The van der Waals surface area contributed by atoms with Crippen LogP contribution in [0.2, 0.25) is 0 Å². The average Bonchev–Trinajstić information content (AvgIpc) is 3.29. The summed E-state index contributed by atoms with van der Waals surface area (Å²) in [5.74, 6) is 0.641. The molecule has 36 heavy (non-hydrogen) atoms. The Morgan fingerprint density at radius 3 is 2.42 bits per heavy atom. The Labute approximate surface area is 211 Å². The summed E-state index contributed by atoms with van der Waals surface area (Å²) in [5, 5.41) is 3.41. The number of aryl methyl sites for hydroxylation is 1. The van der Waals surface area contributed by atoms with E-state index < -0.39 is 6.43 Å². The number of hydrogen-bond acceptors (Lipinski definition) is 4. The molecule has 0 aliphatic rings. The number of nitrogens with one attached hydrogen (secondary N) is 1. The molecule has 2 aromatic heterocycles. The van der Waals surface area contributed by atoms with Crippen molar-refractivity contribution in [2.45, 2.75) is 46.5 Å². The Bertz CT molecular complexity index is 1320. The highest BCUT2D eigenvalue weighted by molar-refractivity contribution is 5.76. The fourth-order valence-electron chi connectivity index (χ4n) is 4.50. The van der Waals surface area contributed by atoms with Crippen molar-refractivity contribution in [3.63, 3.8) is 0 Å². The van der Waals surface area contributed by atoms with Crippen molar-refractivity contribution < 1.29 is 8.78 Å². The molecule has 7 heteroatoms. The highest BCUT2D eigenvalue weighted by atomic mass is 19.3. The van der Waals surface area contributed by atoms with Gasteiger partial charge in [-0.2, -0.15) is 0 Å². The number of imidazole rings is 1. The van der Waals surface area contributed by atoms with E-state index in [1.165, 1.54) is 0 Å². The quantitative estimate of drug-likeness (QED) is 0.239. The van der Waals surface area contributed by atoms with E-state index in [2.05, 4.69) is 59.7 Å². The van der Waals surface area contributed by atoms with Crippen LogP contribution < -0.4 is 5.32 Å². The Balaban J connectivity index is 1.57. The van der Waals surface area contributed by atoms with Crippen molar-refractivity contribution in [2.24, 2.45) is 0 Å². The summed E-state index contributed by atoms with van der Waals surface area (Å²) in [4.78, 5) is 11.5. The molecule has 0 amide bonds. The molecule has 4 aromatic rings. The fourth-order valence-corrected chi connectivity index (χ4v) is 4.50. The van der Waals surface area contributed by atoms with Crippen LogP contribution in [0.4, 0.5) is 20.3 Å². The Morgan fingerprint density at radius 1 is 1.06 bits per heavy atom. The number of hydrogen-bond donors (Lipinski definition) is 1. The van der Waals surface area contributed by atoms with E-state index in [0.29, 0.717) is 17.0 Å². The molecule has 0 unspecified atom stereocenters. The van der Waals surface area contributed by atoms with E-state index in [1.54, 1.807) is 24.5 Å². The first kappa shape index (κ1) is 25.4. The van der Waals surface area contributed by atoms with Crippen molar-refractivity contribution in [1.82, 2.24) is 19.3 Å². The molecule has 0 fully saturated rings. The second kappa shape index (κ2) is 11.3. The predicted molar refractivity (Wildman–Crippen MR) is 144 cm³/mol. The van der Waals surface area contributed by atoms with E-state index in [-0.39, 0.29) is 6.42 Å². The van der Waals surface area contributed by atoms with Crippen LogP contribution in [0, 0.1) is 6.92 Å². The van der Waals surface area contributed by atoms with Crippen molar-refractivity contribution in [3.8, 4) is 11.3 Å². The molecule has 2 heterocycles. The lowest BCUT2D eigenvalue weighted by atomic mass is 10.0. The smallest absolute Gasteiger partial charge is 0.242 e. The van der Waals surface area contributed by atoms with Gasteiger partial charge in [-0.3, -0.25) is 4.40 Å². The number of alkyl halides is 2. The maximum absolute atomic E-state index is 12.7. The van der Waals surface area contributed by atoms with Gasteiger partial charge in [0.25, 0.3) is 0 Å². The Hall–Kier alpha value is -3.74. The zero-order valence-electron chi connectivity index (χ0n) is 21.1. The maximum Gasteiger partial charge on any atom is 0.242 e. The SMILES string of the molecule is C=C(c1ccc(Nc2nccn3c(-c4ccc(CC(F)F)cc4)cnc23)cc1C)N(CCC)CCC. The van der Waals surface area contributed by atoms with Crippen LogP contribution in [-0.4, -0.2) is 38.8 Å². The number of anilines is 2. The van der Waals surface area contributed by atoms with E-state index in [9.17, 15) is 8.78 Å². The summed E-state index contributed by atoms with van der Waals surface area (Å²) in [5.41, 5.74) is 7.33. The van der Waals surface area contributed by atoms with Gasteiger partial charge in [-0.1, -0.05) is 50.8 Å². The van der Waals surface area contributed by atoms with Gasteiger partial charge in [0.2, 0.25) is 6.43 Å². The van der Waals surface area contributed by atoms with Crippen LogP contribution in [0.3, 0.4) is 0 Å². The van der Waals surface area contributed by atoms with Gasteiger partial charge in [-0.25, -0.2) is 18.7 Å². The zero-order chi connectivity index (χ0) is 25.7. The molecule has 0 aliphatic carbocycles. The Morgan fingerprint density at radius 2 is 1.78 bits per heavy atom. The third-order valence-electron chi connectivity index (χ3n) is 6.24. The highest BCUT2D eigenvalue weighted by Gasteiger charge is 2.14. The summed E-state index contributed by atoms with van der Waals surface area (Å²) in [7, 11) is 0. The Kier molecular flexibility index (Phi) is 7.98. The van der Waals surface area contributed by atoms with Crippen molar-refractivity contribution in [1.29, 1.82) is 0 Å². The van der Waals surface area contributed by atoms with Gasteiger partial charge in [-0.15, -0.1) is 0 Å². The summed E-state index contributed by atoms with van der Waals surface area (Å²) in [6.07, 6.45) is 4.92. The lowest BCUT2D eigenvalue weighted by Crippen LogP contribution is -2.23. The van der Waals surface area contributed by atoms with Gasteiger partial charge in [0.15, 0.2) is 11.5 Å². The predicted octanol–water partition coefficient (Wildman–Crippen LogP) is 7.35. The average molecular weight is 490 g/mol. The van der Waals surface area contributed by atoms with Gasteiger partial charge in [-0.05, 0) is 43.0 Å². The lowest BCUT2D eigenvalue weighted by molar-refractivity contribution is 0.149. The molecule has 5 nitrogen and oxygen atoms in total. The molecular weight excluding hydrogens is 456 g/mol. The molecule has 2 aromatic carbocycles. The van der Waals surface area contributed by atoms with E-state index >= 15 is 0 Å². The number of nitrogens with zero attached hydrogens (tertiary/aromatic N) is 4. The number of halogens is 2. The fraction of sp³-hybridized carbons (Fsp3) is 0.310. The minimum Gasteiger partial charge on any atom is -0.372 e. The van der Waals surface area contributed by atoms with Crippen LogP contribution in [-0.2, 0) is 6.42 Å². The monoisotopic (exact) mass is 489 g/mol. The van der Waals surface area contributed by atoms with Gasteiger partial charge in [0.1, 0.15) is 0 Å². The van der Waals surface area contributed by atoms with Crippen LogP contribution >= 0.6 is 0 Å². The second-order valence-corrected chi connectivity index (χ2v) is 8.99. The van der Waals surface area contributed by atoms with Crippen LogP contribution in [0.25, 0.3) is 22.6 Å². The molecule has 0 radical (unpaired) electrons. The van der Waals surface area contributed by atoms with Crippen LogP contribution in [0.1, 0.15) is 43.4 Å². The maximum atomic E-state index is 12.7. The standard InChI is InChI=1S/C29H33F2N5/c1-5-14-35(15-6-2)21(4)25-12-11-24(17-20(25)3)34-28-29-33-19-26(36(29)16-13-32-28)23-9-7-22(8-10-23)18-27(30)31/h7-13,16-17,19,27H,4-6,14-15,18H2,1-3H3,(H,32,34). The van der Waals surface area contributed by atoms with E-state index in [4.69, 9.17) is 0 Å². The van der Waals surface area contributed by atoms with Gasteiger partial charge >= 0.3 is 0 Å². The minimum atomic E-state index is -2.35. The first-order valence-corrected chi connectivity index (χ1v) is 12.4. The molecule has 0 aliphatic heterocycles. The van der Waals surface area contributed by atoms with Crippen molar-refractivity contribution >= 4 is 22.8 Å². The zero-order valence-corrected chi connectivity index (χ0v) is 21.1. The molecule has 0 saturated heterocycles. The summed E-state index contributed by atoms with van der Waals surface area (Å²) < 4.78 is 27.3. The first-order valence-electron chi connectivity index (χ1n) is 12.4. The molecular formula is C29H33F2N5. The third-order valence-corrected chi connectivity index (χ3v) is 6.24. The molecule has 1 N–H and O–H groups in total. The minimum absolute atomic E-state index is 0.244. The van der Waals surface area contributed by atoms with Gasteiger partial charge < -0.3 is 10.2 Å². The van der Waals surface area contributed by atoms with E-state index in [1.807, 2.05) is 28.8 Å². The summed E-state index contributed by atoms with van der Waals surface area (Å²) in [6.45, 7) is 12.8. The van der Waals surface area contributed by atoms with Crippen LogP contribution in [0.15, 0.2) is 67.6 Å². The summed E-state index contributed by atoms with van der Waals surface area (Å²) in [6, 6.07) is 13.4. The second-order valence-electron chi connectivity index (χ2n) is 8.99. The molecule has 4 rings (SSSR count). The molecule has 0 bridgehead atoms. The number of rotatable bonds is 11. The molecule has 188 valence electrons. The molecule has 0 spiro atoms. The molecule has 0 atom stereocenters. The largest absolute Gasteiger partial charge is 0.372 e. The van der Waals surface area contributed by atoms with Crippen LogP contribution in [0.5, 0.6) is 0 Å².